The average Bonchev–Trinajstić information content (AvgIpc) is 3.24. The van der Waals surface area contributed by atoms with Crippen molar-refractivity contribution in [2.24, 2.45) is 0 Å². The van der Waals surface area contributed by atoms with Crippen molar-refractivity contribution in [2.45, 2.75) is 13.0 Å². The Kier molecular flexibility index (Phi) is 4.14. The number of carbonyl (C=O) groups is 2. The first kappa shape index (κ1) is 16.3. The van der Waals surface area contributed by atoms with E-state index in [2.05, 4.69) is 15.6 Å². The summed E-state index contributed by atoms with van der Waals surface area (Å²) in [5.41, 5.74) is 1.45. The van der Waals surface area contributed by atoms with Crippen molar-refractivity contribution < 1.29 is 14.0 Å². The number of nitrogens with one attached hydrogen (secondary N) is 2. The number of hydrogen-bond donors (Lipinski definition) is 2. The number of benzene rings is 2. The number of carbonyl (C=O) groups excluding carboxylic acids is 2. The van der Waals surface area contributed by atoms with Crippen molar-refractivity contribution >= 4 is 49.5 Å². The van der Waals surface area contributed by atoms with Gasteiger partial charge in [0.1, 0.15) is 11.6 Å². The van der Waals surface area contributed by atoms with Crippen LogP contribution < -0.4 is 10.6 Å². The highest BCUT2D eigenvalue weighted by Gasteiger charge is 2.20. The number of fused-ring (bicyclic) bond motifs is 2. The number of nitrogens with zero attached hydrogens (tertiary/aromatic N) is 1. The molecule has 1 atom stereocenters. The highest BCUT2D eigenvalue weighted by atomic mass is 32.1. The molecule has 0 bridgehead atoms. The Balaban J connectivity index is 1.43. The highest BCUT2D eigenvalue weighted by molar-refractivity contribution is 7.22. The molecule has 4 aromatic rings. The molecule has 0 saturated carbocycles. The molecule has 0 unspecified atom stereocenters. The fourth-order valence-electron chi connectivity index (χ4n) is 2.57. The van der Waals surface area contributed by atoms with Gasteiger partial charge in [-0.05, 0) is 31.2 Å². The minimum Gasteiger partial charge on any atom is -0.451 e. The second-order valence-electron chi connectivity index (χ2n) is 5.82. The fraction of sp³-hybridized carbons (Fsp3) is 0.105. The largest absolute Gasteiger partial charge is 0.451 e. The van der Waals surface area contributed by atoms with Crippen molar-refractivity contribution in [2.75, 3.05) is 5.32 Å². The summed E-state index contributed by atoms with van der Waals surface area (Å²) in [6.07, 6.45) is 0. The third-order valence-corrected chi connectivity index (χ3v) is 4.87. The number of aromatic nitrogens is 1. The maximum absolute atomic E-state index is 12.3. The second-order valence-corrected chi connectivity index (χ2v) is 6.85. The summed E-state index contributed by atoms with van der Waals surface area (Å²) in [6, 6.07) is 15.9. The lowest BCUT2D eigenvalue weighted by molar-refractivity contribution is -0.117. The zero-order valence-electron chi connectivity index (χ0n) is 13.9. The Hall–Kier alpha value is -3.19. The van der Waals surface area contributed by atoms with E-state index >= 15 is 0 Å². The topological polar surface area (TPSA) is 84.2 Å². The standard InChI is InChI=1S/C19H15N3O3S/c1-11(17(23)22-19-21-13-7-3-5-9-16(13)26-19)20-18(24)15-10-12-6-2-4-8-14(12)25-15/h2-11H,1H3,(H,20,24)(H,21,22,23)/t11-/m1/s1. The van der Waals surface area contributed by atoms with E-state index in [1.807, 2.05) is 42.5 Å². The summed E-state index contributed by atoms with van der Waals surface area (Å²) in [6.45, 7) is 1.61. The predicted octanol–water partition coefficient (Wildman–Crippen LogP) is 3.80. The van der Waals surface area contributed by atoms with Crippen LogP contribution in [0.2, 0.25) is 0 Å². The number of rotatable bonds is 4. The summed E-state index contributed by atoms with van der Waals surface area (Å²) in [5, 5.41) is 6.72. The van der Waals surface area contributed by atoms with E-state index in [9.17, 15) is 9.59 Å². The summed E-state index contributed by atoms with van der Waals surface area (Å²) >= 11 is 1.39. The Morgan fingerprint density at radius 1 is 1.12 bits per heavy atom. The summed E-state index contributed by atoms with van der Waals surface area (Å²) < 4.78 is 6.50. The first-order valence-corrected chi connectivity index (χ1v) is 8.88. The number of furan rings is 1. The highest BCUT2D eigenvalue weighted by Crippen LogP contribution is 2.25. The van der Waals surface area contributed by atoms with Crippen LogP contribution in [0.3, 0.4) is 0 Å². The molecule has 2 aromatic carbocycles. The van der Waals surface area contributed by atoms with Crippen LogP contribution in [0.4, 0.5) is 5.13 Å². The molecule has 0 spiro atoms. The Morgan fingerprint density at radius 2 is 1.88 bits per heavy atom. The van der Waals surface area contributed by atoms with E-state index in [0.717, 1.165) is 15.6 Å². The molecule has 26 heavy (non-hydrogen) atoms. The maximum Gasteiger partial charge on any atom is 0.287 e. The molecule has 4 rings (SSSR count). The SMILES string of the molecule is C[C@@H](NC(=O)c1cc2ccccc2o1)C(=O)Nc1nc2ccccc2s1. The molecule has 0 fully saturated rings. The van der Waals surface area contributed by atoms with E-state index in [-0.39, 0.29) is 11.7 Å². The van der Waals surface area contributed by atoms with Crippen LogP contribution in [0, 0.1) is 0 Å². The van der Waals surface area contributed by atoms with Gasteiger partial charge in [0.25, 0.3) is 5.91 Å². The molecule has 2 heterocycles. The molecule has 0 aliphatic heterocycles. The van der Waals surface area contributed by atoms with Crippen LogP contribution in [0.15, 0.2) is 59.0 Å². The van der Waals surface area contributed by atoms with Crippen molar-refractivity contribution in [1.82, 2.24) is 10.3 Å². The lowest BCUT2D eigenvalue weighted by Crippen LogP contribution is -2.41. The zero-order chi connectivity index (χ0) is 18.1. The van der Waals surface area contributed by atoms with Gasteiger partial charge in [0.15, 0.2) is 10.9 Å². The third kappa shape index (κ3) is 3.16. The summed E-state index contributed by atoms with van der Waals surface area (Å²) in [5.74, 6) is -0.604. The number of amides is 2. The van der Waals surface area contributed by atoms with E-state index in [0.29, 0.717) is 10.7 Å². The van der Waals surface area contributed by atoms with E-state index in [1.165, 1.54) is 11.3 Å². The van der Waals surface area contributed by atoms with Crippen LogP contribution in [-0.2, 0) is 4.79 Å². The minimum absolute atomic E-state index is 0.172. The number of hydrogen-bond acceptors (Lipinski definition) is 5. The monoisotopic (exact) mass is 365 g/mol. The molecule has 2 N–H and O–H groups in total. The van der Waals surface area contributed by atoms with E-state index in [1.54, 1.807) is 19.1 Å². The van der Waals surface area contributed by atoms with Crippen LogP contribution in [0.5, 0.6) is 0 Å². The quantitative estimate of drug-likeness (QED) is 0.576. The molecule has 0 radical (unpaired) electrons. The number of para-hydroxylation sites is 2. The second kappa shape index (κ2) is 6.61. The first-order chi connectivity index (χ1) is 12.6. The van der Waals surface area contributed by atoms with E-state index < -0.39 is 11.9 Å². The smallest absolute Gasteiger partial charge is 0.287 e. The Bertz CT molecular complexity index is 1050. The predicted molar refractivity (Wildman–Crippen MR) is 101 cm³/mol. The van der Waals surface area contributed by atoms with Gasteiger partial charge in [0.05, 0.1) is 10.2 Å². The maximum atomic E-state index is 12.3. The van der Waals surface area contributed by atoms with Crippen molar-refractivity contribution in [3.05, 3.63) is 60.4 Å². The normalized spacial score (nSPS) is 12.2. The van der Waals surface area contributed by atoms with Gasteiger partial charge < -0.3 is 15.1 Å². The molecule has 6 nitrogen and oxygen atoms in total. The molecule has 7 heteroatoms. The van der Waals surface area contributed by atoms with Crippen molar-refractivity contribution in [1.29, 1.82) is 0 Å². The molecule has 2 aromatic heterocycles. The van der Waals surface area contributed by atoms with Gasteiger partial charge in [0.2, 0.25) is 5.91 Å². The molecule has 130 valence electrons. The van der Waals surface area contributed by atoms with Crippen molar-refractivity contribution in [3.63, 3.8) is 0 Å². The van der Waals surface area contributed by atoms with Gasteiger partial charge in [-0.3, -0.25) is 9.59 Å². The van der Waals surface area contributed by atoms with Crippen LogP contribution >= 0.6 is 11.3 Å². The van der Waals surface area contributed by atoms with Gasteiger partial charge in [-0.25, -0.2) is 4.98 Å². The zero-order valence-corrected chi connectivity index (χ0v) is 14.7. The summed E-state index contributed by atoms with van der Waals surface area (Å²) in [7, 11) is 0. The number of thiazole rings is 1. The average molecular weight is 365 g/mol. The number of anilines is 1. The van der Waals surface area contributed by atoms with Crippen LogP contribution in [0.25, 0.3) is 21.2 Å². The van der Waals surface area contributed by atoms with Gasteiger partial charge in [-0.2, -0.15) is 0 Å². The fourth-order valence-corrected chi connectivity index (χ4v) is 3.44. The Morgan fingerprint density at radius 3 is 2.69 bits per heavy atom. The van der Waals surface area contributed by atoms with Crippen molar-refractivity contribution in [3.8, 4) is 0 Å². The first-order valence-electron chi connectivity index (χ1n) is 8.06. The molecule has 2 amide bonds. The minimum atomic E-state index is -0.734. The third-order valence-electron chi connectivity index (χ3n) is 3.91. The molecule has 0 saturated heterocycles. The molecular weight excluding hydrogens is 350 g/mol. The Labute approximate surface area is 152 Å². The molecular formula is C19H15N3O3S. The van der Waals surface area contributed by atoms with Gasteiger partial charge in [-0.1, -0.05) is 41.7 Å². The van der Waals surface area contributed by atoms with Gasteiger partial charge in [-0.15, -0.1) is 0 Å². The van der Waals surface area contributed by atoms with Gasteiger partial charge in [0, 0.05) is 5.39 Å². The van der Waals surface area contributed by atoms with Crippen LogP contribution in [-0.4, -0.2) is 22.8 Å². The molecule has 0 aliphatic carbocycles. The molecule has 0 aliphatic rings. The lowest BCUT2D eigenvalue weighted by Gasteiger charge is -2.11. The summed E-state index contributed by atoms with van der Waals surface area (Å²) in [4.78, 5) is 29.0. The lowest BCUT2D eigenvalue weighted by atomic mass is 10.2. The van der Waals surface area contributed by atoms with E-state index in [4.69, 9.17) is 4.42 Å². The van der Waals surface area contributed by atoms with Crippen LogP contribution in [0.1, 0.15) is 17.5 Å². The van der Waals surface area contributed by atoms with Gasteiger partial charge >= 0.3 is 0 Å².